The highest BCUT2D eigenvalue weighted by Gasteiger charge is 2.32. The average molecular weight is 508 g/mol. The minimum atomic E-state index is -4.60. The SMILES string of the molecule is CC(C)(C)c1cn(Cc2ccco2)c(=NC(=O)c2cc(C(F)(F)F)ccc2OC[C@H]2CCCN2)s1. The molecule has 1 atom stereocenters. The third-order valence-corrected chi connectivity index (χ3v) is 7.15. The smallest absolute Gasteiger partial charge is 0.416 e. The highest BCUT2D eigenvalue weighted by molar-refractivity contribution is 7.09. The maximum atomic E-state index is 13.4. The molecule has 3 heterocycles. The summed E-state index contributed by atoms with van der Waals surface area (Å²) in [6, 6.07) is 6.61. The van der Waals surface area contributed by atoms with Crippen molar-refractivity contribution in [1.29, 1.82) is 0 Å². The van der Waals surface area contributed by atoms with Crippen molar-refractivity contribution in [2.24, 2.45) is 4.99 Å². The molecule has 10 heteroatoms. The second kappa shape index (κ2) is 10.0. The first-order chi connectivity index (χ1) is 16.5. The number of alkyl halides is 3. The van der Waals surface area contributed by atoms with Gasteiger partial charge in [0.15, 0.2) is 4.80 Å². The molecule has 1 N–H and O–H groups in total. The topological polar surface area (TPSA) is 68.8 Å². The fourth-order valence-electron chi connectivity index (χ4n) is 3.73. The van der Waals surface area contributed by atoms with Gasteiger partial charge in [-0.2, -0.15) is 18.2 Å². The Morgan fingerprint density at radius 2 is 2.09 bits per heavy atom. The predicted molar refractivity (Wildman–Crippen MR) is 127 cm³/mol. The first-order valence-corrected chi connectivity index (χ1v) is 12.2. The number of nitrogens with zero attached hydrogens (tertiary/aromatic N) is 2. The molecule has 0 spiro atoms. The Morgan fingerprint density at radius 3 is 2.71 bits per heavy atom. The summed E-state index contributed by atoms with van der Waals surface area (Å²) < 4.78 is 53.3. The van der Waals surface area contributed by atoms with Crippen LogP contribution in [0.1, 0.15) is 60.2 Å². The van der Waals surface area contributed by atoms with Crippen LogP contribution in [-0.4, -0.2) is 29.7 Å². The summed E-state index contributed by atoms with van der Waals surface area (Å²) in [5, 5.41) is 3.27. The second-order valence-corrected chi connectivity index (χ2v) is 10.6. The van der Waals surface area contributed by atoms with Crippen molar-refractivity contribution in [3.8, 4) is 5.75 Å². The molecular formula is C25H28F3N3O3S. The number of benzene rings is 1. The average Bonchev–Trinajstić information content (AvgIpc) is 3.54. The first kappa shape index (κ1) is 25.2. The molecule has 0 radical (unpaired) electrons. The Labute approximate surface area is 205 Å². The van der Waals surface area contributed by atoms with Gasteiger partial charge in [-0.15, -0.1) is 11.3 Å². The van der Waals surface area contributed by atoms with Crippen LogP contribution in [0.3, 0.4) is 0 Å². The van der Waals surface area contributed by atoms with Gasteiger partial charge in [-0.1, -0.05) is 20.8 Å². The number of ether oxygens (including phenoxy) is 1. The van der Waals surface area contributed by atoms with Gasteiger partial charge in [0, 0.05) is 17.1 Å². The number of carbonyl (C=O) groups is 1. The highest BCUT2D eigenvalue weighted by Crippen LogP contribution is 2.33. The lowest BCUT2D eigenvalue weighted by atomic mass is 9.95. The summed E-state index contributed by atoms with van der Waals surface area (Å²) in [4.78, 5) is 18.9. The van der Waals surface area contributed by atoms with Gasteiger partial charge in [0.2, 0.25) is 0 Å². The number of halogens is 3. The van der Waals surface area contributed by atoms with Gasteiger partial charge in [0.05, 0.1) is 23.9 Å². The Kier molecular flexibility index (Phi) is 7.23. The lowest BCUT2D eigenvalue weighted by Crippen LogP contribution is -2.28. The van der Waals surface area contributed by atoms with Gasteiger partial charge in [-0.05, 0) is 55.1 Å². The molecule has 1 aliphatic heterocycles. The van der Waals surface area contributed by atoms with Gasteiger partial charge in [0.25, 0.3) is 5.91 Å². The quantitative estimate of drug-likeness (QED) is 0.487. The summed E-state index contributed by atoms with van der Waals surface area (Å²) in [5.41, 5.74) is -1.34. The van der Waals surface area contributed by atoms with Crippen molar-refractivity contribution in [2.45, 2.75) is 57.8 Å². The van der Waals surface area contributed by atoms with E-state index in [0.717, 1.165) is 36.4 Å². The number of hydrogen-bond acceptors (Lipinski definition) is 5. The maximum absolute atomic E-state index is 13.4. The Hall–Kier alpha value is -2.85. The third kappa shape index (κ3) is 6.24. The van der Waals surface area contributed by atoms with Gasteiger partial charge in [-0.3, -0.25) is 4.79 Å². The van der Waals surface area contributed by atoms with Gasteiger partial charge >= 0.3 is 6.18 Å². The van der Waals surface area contributed by atoms with Crippen molar-refractivity contribution in [1.82, 2.24) is 9.88 Å². The molecule has 4 rings (SSSR count). The van der Waals surface area contributed by atoms with Gasteiger partial charge < -0.3 is 19.0 Å². The van der Waals surface area contributed by atoms with Crippen LogP contribution in [0, 0.1) is 0 Å². The van der Waals surface area contributed by atoms with E-state index in [1.165, 1.54) is 17.4 Å². The molecule has 0 saturated carbocycles. The molecule has 2 aromatic heterocycles. The van der Waals surface area contributed by atoms with Crippen LogP contribution < -0.4 is 14.9 Å². The molecule has 1 aromatic carbocycles. The summed E-state index contributed by atoms with van der Waals surface area (Å²) in [7, 11) is 0. The van der Waals surface area contributed by atoms with E-state index < -0.39 is 17.6 Å². The molecule has 0 unspecified atom stereocenters. The van der Waals surface area contributed by atoms with Crippen LogP contribution in [0.2, 0.25) is 0 Å². The van der Waals surface area contributed by atoms with Crippen molar-refractivity contribution in [2.75, 3.05) is 13.2 Å². The number of rotatable bonds is 6. The zero-order chi connectivity index (χ0) is 25.2. The number of furan rings is 1. The number of carbonyl (C=O) groups excluding carboxylic acids is 1. The Morgan fingerprint density at radius 1 is 1.29 bits per heavy atom. The van der Waals surface area contributed by atoms with Gasteiger partial charge in [-0.25, -0.2) is 0 Å². The van der Waals surface area contributed by atoms with Crippen LogP contribution in [0.15, 0.2) is 52.2 Å². The van der Waals surface area contributed by atoms with Crippen molar-refractivity contribution in [3.05, 3.63) is 69.4 Å². The zero-order valence-electron chi connectivity index (χ0n) is 19.8. The fraction of sp³-hybridized carbons (Fsp3) is 0.440. The second-order valence-electron chi connectivity index (χ2n) is 9.57. The molecule has 0 bridgehead atoms. The largest absolute Gasteiger partial charge is 0.491 e. The summed E-state index contributed by atoms with van der Waals surface area (Å²) in [5.74, 6) is -0.0315. The highest BCUT2D eigenvalue weighted by atomic mass is 32.1. The standard InChI is InChI=1S/C25H28F3N3O3S/c1-24(2,3)21-14-31(13-18-7-5-11-33-18)23(35-21)30-22(32)19-12-16(25(26,27)28)8-9-20(19)34-15-17-6-4-10-29-17/h5,7-9,11-12,14,17,29H,4,6,10,13,15H2,1-3H3/t17-/m1/s1. The molecule has 1 fully saturated rings. The third-order valence-electron chi connectivity index (χ3n) is 5.70. The van der Waals surface area contributed by atoms with Crippen LogP contribution in [0.5, 0.6) is 5.75 Å². The maximum Gasteiger partial charge on any atom is 0.416 e. The molecule has 0 aliphatic carbocycles. The number of hydrogen-bond donors (Lipinski definition) is 1. The van der Waals surface area contributed by atoms with Crippen LogP contribution in [-0.2, 0) is 18.1 Å². The van der Waals surface area contributed by atoms with E-state index in [4.69, 9.17) is 9.15 Å². The van der Waals surface area contributed by atoms with Crippen LogP contribution >= 0.6 is 11.3 Å². The number of amides is 1. The van der Waals surface area contributed by atoms with Crippen molar-refractivity contribution in [3.63, 3.8) is 0 Å². The summed E-state index contributed by atoms with van der Waals surface area (Å²) >= 11 is 1.32. The minimum absolute atomic E-state index is 0.0886. The van der Waals surface area contributed by atoms with E-state index in [-0.39, 0.29) is 29.4 Å². The van der Waals surface area contributed by atoms with Gasteiger partial charge in [0.1, 0.15) is 18.1 Å². The molecule has 1 aliphatic rings. The molecule has 35 heavy (non-hydrogen) atoms. The molecule has 3 aromatic rings. The van der Waals surface area contributed by atoms with Crippen molar-refractivity contribution < 1.29 is 27.1 Å². The molecule has 1 saturated heterocycles. The molecule has 1 amide bonds. The monoisotopic (exact) mass is 507 g/mol. The zero-order valence-corrected chi connectivity index (χ0v) is 20.6. The molecule has 6 nitrogen and oxygen atoms in total. The van der Waals surface area contributed by atoms with E-state index in [1.54, 1.807) is 16.9 Å². The van der Waals surface area contributed by atoms with E-state index >= 15 is 0 Å². The molecular weight excluding hydrogens is 479 g/mol. The lowest BCUT2D eigenvalue weighted by Gasteiger charge is -2.15. The summed E-state index contributed by atoms with van der Waals surface area (Å²) in [6.07, 6.45) is 0.773. The summed E-state index contributed by atoms with van der Waals surface area (Å²) in [6.45, 7) is 7.58. The number of nitrogens with one attached hydrogen (secondary N) is 1. The van der Waals surface area contributed by atoms with E-state index in [1.807, 2.05) is 33.0 Å². The predicted octanol–water partition coefficient (Wildman–Crippen LogP) is 5.38. The number of thiazole rings is 1. The lowest BCUT2D eigenvalue weighted by molar-refractivity contribution is -0.137. The first-order valence-electron chi connectivity index (χ1n) is 11.4. The minimum Gasteiger partial charge on any atom is -0.491 e. The fourth-order valence-corrected chi connectivity index (χ4v) is 4.78. The van der Waals surface area contributed by atoms with Crippen LogP contribution in [0.4, 0.5) is 13.2 Å². The van der Waals surface area contributed by atoms with Crippen LogP contribution in [0.25, 0.3) is 0 Å². The number of aromatic nitrogens is 1. The van der Waals surface area contributed by atoms with E-state index in [2.05, 4.69) is 10.3 Å². The van der Waals surface area contributed by atoms with Crippen molar-refractivity contribution >= 4 is 17.2 Å². The van der Waals surface area contributed by atoms with E-state index in [0.29, 0.717) is 17.1 Å². The Bertz CT molecular complexity index is 1230. The van der Waals surface area contributed by atoms with E-state index in [9.17, 15) is 18.0 Å². The normalized spacial score (nSPS) is 17.2. The molecule has 188 valence electrons. The Balaban J connectivity index is 1.72.